The molecule has 0 bridgehead atoms. The monoisotopic (exact) mass is 397 g/mol. The molecule has 0 saturated heterocycles. The number of aliphatic hydroxyl groups is 2. The molecule has 0 aliphatic carbocycles. The third kappa shape index (κ3) is 6.54. The van der Waals surface area contributed by atoms with Crippen LogP contribution in [0.2, 0.25) is 0 Å². The molecule has 0 aromatic heterocycles. The highest BCUT2D eigenvalue weighted by molar-refractivity contribution is 5.67. The van der Waals surface area contributed by atoms with E-state index >= 15 is 0 Å². The number of alkyl carbamates (subject to hydrolysis) is 1. The van der Waals surface area contributed by atoms with Crippen LogP contribution < -0.4 is 5.32 Å². The Balaban J connectivity index is 1.83. The van der Waals surface area contributed by atoms with E-state index < -0.39 is 30.0 Å². The molecule has 152 valence electrons. The van der Waals surface area contributed by atoms with Crippen molar-refractivity contribution in [3.63, 3.8) is 0 Å². The van der Waals surface area contributed by atoms with Crippen molar-refractivity contribution in [2.75, 3.05) is 6.54 Å². The standard InChI is InChI=1S/C20H22F3NO4/c1-13-9-15(11-16(10-13)20(21,22)23)18(26)17(25)7-8-24-19(27)28-12-14-5-3-2-4-6-14/h2-6,9-11,17-18,25-26H,7-8,12H2,1H3,(H,24,27). The van der Waals surface area contributed by atoms with Gasteiger partial charge in [-0.3, -0.25) is 0 Å². The lowest BCUT2D eigenvalue weighted by Crippen LogP contribution is -2.29. The minimum atomic E-state index is -4.55. The van der Waals surface area contributed by atoms with Gasteiger partial charge in [-0.1, -0.05) is 42.0 Å². The minimum Gasteiger partial charge on any atom is -0.445 e. The first kappa shape index (κ1) is 21.7. The summed E-state index contributed by atoms with van der Waals surface area (Å²) in [6, 6.07) is 12.2. The molecule has 0 heterocycles. The highest BCUT2D eigenvalue weighted by Crippen LogP contribution is 2.32. The van der Waals surface area contributed by atoms with Gasteiger partial charge in [0, 0.05) is 6.54 Å². The van der Waals surface area contributed by atoms with Crippen molar-refractivity contribution in [3.8, 4) is 0 Å². The Morgan fingerprint density at radius 1 is 1.14 bits per heavy atom. The largest absolute Gasteiger partial charge is 0.445 e. The van der Waals surface area contributed by atoms with Crippen LogP contribution in [0.3, 0.4) is 0 Å². The summed E-state index contributed by atoms with van der Waals surface area (Å²) in [5.74, 6) is 0. The molecule has 0 aliphatic heterocycles. The predicted molar refractivity (Wildman–Crippen MR) is 96.4 cm³/mol. The summed E-state index contributed by atoms with van der Waals surface area (Å²) in [5.41, 5.74) is 0.203. The predicted octanol–water partition coefficient (Wildman–Crippen LogP) is 3.72. The van der Waals surface area contributed by atoms with Crippen LogP contribution >= 0.6 is 0 Å². The molecular formula is C20H22F3NO4. The van der Waals surface area contributed by atoms with Gasteiger partial charge in [-0.15, -0.1) is 0 Å². The molecule has 0 saturated carbocycles. The Morgan fingerprint density at radius 2 is 1.82 bits per heavy atom. The molecule has 2 atom stereocenters. The quantitative estimate of drug-likeness (QED) is 0.665. The summed E-state index contributed by atoms with van der Waals surface area (Å²) >= 11 is 0. The molecule has 2 aromatic carbocycles. The molecule has 0 aliphatic rings. The molecule has 1 amide bonds. The average Bonchev–Trinajstić information content (AvgIpc) is 2.65. The molecule has 3 N–H and O–H groups in total. The number of hydrogen-bond donors (Lipinski definition) is 3. The van der Waals surface area contributed by atoms with Gasteiger partial charge < -0.3 is 20.3 Å². The maximum absolute atomic E-state index is 12.9. The molecule has 2 unspecified atom stereocenters. The van der Waals surface area contributed by atoms with Crippen molar-refractivity contribution in [3.05, 3.63) is 70.8 Å². The molecule has 0 fully saturated rings. The van der Waals surface area contributed by atoms with Crippen molar-refractivity contribution in [2.45, 2.75) is 38.3 Å². The van der Waals surface area contributed by atoms with Gasteiger partial charge in [-0.2, -0.15) is 13.2 Å². The van der Waals surface area contributed by atoms with Gasteiger partial charge in [0.25, 0.3) is 0 Å². The first-order chi connectivity index (χ1) is 13.2. The fourth-order valence-electron chi connectivity index (χ4n) is 2.62. The van der Waals surface area contributed by atoms with Crippen molar-refractivity contribution >= 4 is 6.09 Å². The van der Waals surface area contributed by atoms with Gasteiger partial charge in [0.15, 0.2) is 0 Å². The van der Waals surface area contributed by atoms with E-state index in [1.165, 1.54) is 13.0 Å². The topological polar surface area (TPSA) is 78.8 Å². The van der Waals surface area contributed by atoms with Crippen LogP contribution in [0.1, 0.15) is 34.8 Å². The number of benzene rings is 2. The SMILES string of the molecule is Cc1cc(C(O)C(O)CCNC(=O)OCc2ccccc2)cc(C(F)(F)F)c1. The van der Waals surface area contributed by atoms with E-state index in [4.69, 9.17) is 4.74 Å². The number of carbonyl (C=O) groups excluding carboxylic acids is 1. The number of amides is 1. The van der Waals surface area contributed by atoms with Crippen LogP contribution in [-0.2, 0) is 17.5 Å². The summed E-state index contributed by atoms with van der Waals surface area (Å²) in [7, 11) is 0. The second-order valence-electron chi connectivity index (χ2n) is 6.42. The van der Waals surface area contributed by atoms with Gasteiger partial charge >= 0.3 is 12.3 Å². The first-order valence-corrected chi connectivity index (χ1v) is 8.66. The van der Waals surface area contributed by atoms with Crippen LogP contribution in [0, 0.1) is 6.92 Å². The van der Waals surface area contributed by atoms with Gasteiger partial charge in [0.1, 0.15) is 12.7 Å². The summed E-state index contributed by atoms with van der Waals surface area (Å²) in [5, 5.41) is 22.6. The van der Waals surface area contributed by atoms with E-state index in [9.17, 15) is 28.2 Å². The molecular weight excluding hydrogens is 375 g/mol. The van der Waals surface area contributed by atoms with Crippen LogP contribution in [0.15, 0.2) is 48.5 Å². The Kier molecular flexibility index (Phi) is 7.42. The number of carbonyl (C=O) groups is 1. The minimum absolute atomic E-state index is 0.0101. The van der Waals surface area contributed by atoms with E-state index in [1.807, 2.05) is 18.2 Å². The van der Waals surface area contributed by atoms with Crippen molar-refractivity contribution in [2.24, 2.45) is 0 Å². The van der Waals surface area contributed by atoms with Crippen molar-refractivity contribution in [1.29, 1.82) is 0 Å². The maximum atomic E-state index is 12.9. The van der Waals surface area contributed by atoms with E-state index in [1.54, 1.807) is 12.1 Å². The molecule has 2 aromatic rings. The summed E-state index contributed by atoms with van der Waals surface area (Å²) < 4.78 is 43.7. The van der Waals surface area contributed by atoms with Gasteiger partial charge in [-0.05, 0) is 36.6 Å². The number of aryl methyl sites for hydroxylation is 1. The number of alkyl halides is 3. The molecule has 8 heteroatoms. The first-order valence-electron chi connectivity index (χ1n) is 8.66. The summed E-state index contributed by atoms with van der Waals surface area (Å²) in [6.45, 7) is 1.55. The highest BCUT2D eigenvalue weighted by atomic mass is 19.4. The lowest BCUT2D eigenvalue weighted by molar-refractivity contribution is -0.137. The lowest BCUT2D eigenvalue weighted by atomic mass is 9.97. The smallest absolute Gasteiger partial charge is 0.416 e. The van der Waals surface area contributed by atoms with Crippen molar-refractivity contribution < 1.29 is 32.9 Å². The van der Waals surface area contributed by atoms with Gasteiger partial charge in [-0.25, -0.2) is 4.79 Å². The third-order valence-electron chi connectivity index (χ3n) is 4.06. The zero-order valence-electron chi connectivity index (χ0n) is 15.2. The molecule has 0 radical (unpaired) electrons. The fourth-order valence-corrected chi connectivity index (χ4v) is 2.62. The summed E-state index contributed by atoms with van der Waals surface area (Å²) in [6.07, 6.45) is -8.16. The Hall–Kier alpha value is -2.58. The molecule has 2 rings (SSSR count). The van der Waals surface area contributed by atoms with Crippen LogP contribution in [0.4, 0.5) is 18.0 Å². The summed E-state index contributed by atoms with van der Waals surface area (Å²) in [4.78, 5) is 11.6. The highest BCUT2D eigenvalue weighted by Gasteiger charge is 2.32. The van der Waals surface area contributed by atoms with Gasteiger partial charge in [0.05, 0.1) is 11.7 Å². The Morgan fingerprint density at radius 3 is 2.46 bits per heavy atom. The zero-order chi connectivity index (χ0) is 20.7. The number of hydrogen-bond acceptors (Lipinski definition) is 4. The number of nitrogens with one attached hydrogen (secondary N) is 1. The molecule has 28 heavy (non-hydrogen) atoms. The number of rotatable bonds is 7. The molecule has 0 spiro atoms. The lowest BCUT2D eigenvalue weighted by Gasteiger charge is -2.20. The normalized spacial score (nSPS) is 13.6. The van der Waals surface area contributed by atoms with E-state index in [0.717, 1.165) is 17.7 Å². The maximum Gasteiger partial charge on any atom is 0.416 e. The Labute approximate surface area is 160 Å². The van der Waals surface area contributed by atoms with E-state index in [0.29, 0.717) is 5.56 Å². The third-order valence-corrected chi connectivity index (χ3v) is 4.06. The van der Waals surface area contributed by atoms with E-state index in [-0.39, 0.29) is 25.1 Å². The Bertz CT molecular complexity index is 781. The van der Waals surface area contributed by atoms with Crippen LogP contribution in [0.5, 0.6) is 0 Å². The molecule has 5 nitrogen and oxygen atoms in total. The second kappa shape index (κ2) is 9.57. The average molecular weight is 397 g/mol. The van der Waals surface area contributed by atoms with E-state index in [2.05, 4.69) is 5.32 Å². The van der Waals surface area contributed by atoms with Crippen LogP contribution in [-0.4, -0.2) is 29.0 Å². The second-order valence-corrected chi connectivity index (χ2v) is 6.42. The van der Waals surface area contributed by atoms with Crippen molar-refractivity contribution in [1.82, 2.24) is 5.32 Å². The van der Waals surface area contributed by atoms with Gasteiger partial charge in [0.2, 0.25) is 0 Å². The zero-order valence-corrected chi connectivity index (χ0v) is 15.2. The number of aliphatic hydroxyl groups excluding tert-OH is 2. The van der Waals surface area contributed by atoms with Crippen LogP contribution in [0.25, 0.3) is 0 Å². The fraction of sp³-hybridized carbons (Fsp3) is 0.350. The number of ether oxygens (including phenoxy) is 1. The number of halogens is 3.